The first kappa shape index (κ1) is 21.2. The fourth-order valence-electron chi connectivity index (χ4n) is 2.40. The largest absolute Gasteiger partial charge is 0.339 e. The van der Waals surface area contributed by atoms with Gasteiger partial charge in [-0.2, -0.15) is 0 Å². The number of nitrogens with zero attached hydrogens (tertiary/aromatic N) is 1. The average molecular weight is 424 g/mol. The summed E-state index contributed by atoms with van der Waals surface area (Å²) in [6.07, 6.45) is 0. The van der Waals surface area contributed by atoms with Gasteiger partial charge in [0.15, 0.2) is 5.11 Å². The highest BCUT2D eigenvalue weighted by Crippen LogP contribution is 2.21. The molecule has 0 aliphatic heterocycles. The highest BCUT2D eigenvalue weighted by atomic mass is 35.5. The second-order valence-corrected chi connectivity index (χ2v) is 6.84. The minimum Gasteiger partial charge on any atom is -0.339 e. The van der Waals surface area contributed by atoms with Gasteiger partial charge in [-0.05, 0) is 68.5 Å². The Morgan fingerprint density at radius 1 is 1.04 bits per heavy atom. The number of anilines is 1. The Hall–Kier alpha value is -2.15. The van der Waals surface area contributed by atoms with E-state index in [2.05, 4.69) is 10.6 Å². The van der Waals surface area contributed by atoms with Gasteiger partial charge >= 0.3 is 0 Å². The number of nitrogens with one attached hydrogen (secondary N) is 2. The van der Waals surface area contributed by atoms with Gasteiger partial charge in [-0.1, -0.05) is 23.2 Å². The van der Waals surface area contributed by atoms with E-state index in [4.69, 9.17) is 35.4 Å². The summed E-state index contributed by atoms with van der Waals surface area (Å²) in [6, 6.07) is 11.5. The fourth-order valence-corrected chi connectivity index (χ4v) is 3.10. The molecule has 0 heterocycles. The van der Waals surface area contributed by atoms with Crippen LogP contribution in [0.25, 0.3) is 0 Å². The molecule has 2 N–H and O–H groups in total. The first-order chi connectivity index (χ1) is 12.8. The van der Waals surface area contributed by atoms with Gasteiger partial charge in [-0.3, -0.25) is 14.9 Å². The summed E-state index contributed by atoms with van der Waals surface area (Å²) in [5, 5.41) is 6.26. The first-order valence-corrected chi connectivity index (χ1v) is 9.48. The lowest BCUT2D eigenvalue weighted by Crippen LogP contribution is -2.34. The third-order valence-corrected chi connectivity index (χ3v) is 4.60. The second kappa shape index (κ2) is 9.69. The Bertz CT molecular complexity index is 853. The SMILES string of the molecule is CCN(CC)C(=O)c1ccc(NC(=S)NC(=O)c2ccc(Cl)cc2Cl)cc1. The fraction of sp³-hybridized carbons (Fsp3) is 0.211. The van der Waals surface area contributed by atoms with Crippen molar-refractivity contribution in [2.24, 2.45) is 0 Å². The van der Waals surface area contributed by atoms with Gasteiger partial charge in [-0.25, -0.2) is 0 Å². The normalized spacial score (nSPS) is 10.2. The van der Waals surface area contributed by atoms with E-state index in [1.165, 1.54) is 12.1 Å². The van der Waals surface area contributed by atoms with Gasteiger partial charge in [0.25, 0.3) is 11.8 Å². The maximum absolute atomic E-state index is 12.3. The molecular formula is C19H19Cl2N3O2S. The van der Waals surface area contributed by atoms with E-state index in [0.29, 0.717) is 29.4 Å². The first-order valence-electron chi connectivity index (χ1n) is 8.32. The Balaban J connectivity index is 1.99. The monoisotopic (exact) mass is 423 g/mol. The third kappa shape index (κ3) is 5.66. The van der Waals surface area contributed by atoms with Crippen LogP contribution in [0.5, 0.6) is 0 Å². The summed E-state index contributed by atoms with van der Waals surface area (Å²) in [5.41, 5.74) is 1.51. The maximum Gasteiger partial charge on any atom is 0.258 e. The van der Waals surface area contributed by atoms with Crippen LogP contribution in [0.1, 0.15) is 34.6 Å². The van der Waals surface area contributed by atoms with Crippen LogP contribution in [0.2, 0.25) is 10.0 Å². The Morgan fingerprint density at radius 3 is 2.22 bits per heavy atom. The summed E-state index contributed by atoms with van der Waals surface area (Å²) in [4.78, 5) is 26.3. The molecule has 27 heavy (non-hydrogen) atoms. The number of halogens is 2. The molecule has 0 aliphatic rings. The minimum atomic E-state index is -0.442. The Labute approximate surface area is 173 Å². The van der Waals surface area contributed by atoms with Crippen LogP contribution in [0.3, 0.4) is 0 Å². The van der Waals surface area contributed by atoms with Crippen LogP contribution < -0.4 is 10.6 Å². The quantitative estimate of drug-likeness (QED) is 0.689. The van der Waals surface area contributed by atoms with Crippen LogP contribution in [0, 0.1) is 0 Å². The van der Waals surface area contributed by atoms with Gasteiger partial charge in [0.1, 0.15) is 0 Å². The zero-order chi connectivity index (χ0) is 20.0. The molecule has 2 rings (SSSR count). The van der Waals surface area contributed by atoms with Gasteiger partial charge in [0.2, 0.25) is 0 Å². The van der Waals surface area contributed by atoms with Crippen molar-refractivity contribution in [1.82, 2.24) is 10.2 Å². The molecule has 8 heteroatoms. The topological polar surface area (TPSA) is 61.4 Å². The number of thiocarbonyl (C=S) groups is 1. The molecule has 0 atom stereocenters. The molecule has 0 saturated heterocycles. The van der Waals surface area contributed by atoms with Crippen molar-refractivity contribution < 1.29 is 9.59 Å². The average Bonchev–Trinajstić information content (AvgIpc) is 2.63. The summed E-state index contributed by atoms with van der Waals surface area (Å²) < 4.78 is 0. The van der Waals surface area contributed by atoms with Crippen LogP contribution in [0.15, 0.2) is 42.5 Å². The van der Waals surface area contributed by atoms with E-state index in [0.717, 1.165) is 0 Å². The van der Waals surface area contributed by atoms with Crippen molar-refractivity contribution in [3.05, 3.63) is 63.6 Å². The molecule has 5 nitrogen and oxygen atoms in total. The number of benzene rings is 2. The smallest absolute Gasteiger partial charge is 0.258 e. The lowest BCUT2D eigenvalue weighted by atomic mass is 10.2. The third-order valence-electron chi connectivity index (χ3n) is 3.84. The van der Waals surface area contributed by atoms with Crippen molar-refractivity contribution in [2.45, 2.75) is 13.8 Å². The van der Waals surface area contributed by atoms with E-state index < -0.39 is 5.91 Å². The summed E-state index contributed by atoms with van der Waals surface area (Å²) in [6.45, 7) is 5.17. The van der Waals surface area contributed by atoms with Gasteiger partial charge in [0.05, 0.1) is 10.6 Å². The summed E-state index contributed by atoms with van der Waals surface area (Å²) >= 11 is 17.0. The number of rotatable bonds is 5. The molecule has 0 bridgehead atoms. The molecule has 2 amide bonds. The van der Waals surface area contributed by atoms with Crippen molar-refractivity contribution in [3.8, 4) is 0 Å². The van der Waals surface area contributed by atoms with Crippen molar-refractivity contribution in [3.63, 3.8) is 0 Å². The zero-order valence-electron chi connectivity index (χ0n) is 14.9. The predicted octanol–water partition coefficient (Wildman–Crippen LogP) is 4.60. The van der Waals surface area contributed by atoms with Crippen molar-refractivity contribution in [1.29, 1.82) is 0 Å². The maximum atomic E-state index is 12.3. The standard InChI is InChI=1S/C19H19Cl2N3O2S/c1-3-24(4-2)18(26)12-5-8-14(9-6-12)22-19(27)23-17(25)15-10-7-13(20)11-16(15)21/h5-11H,3-4H2,1-2H3,(H2,22,23,25,27). The van der Waals surface area contributed by atoms with Crippen molar-refractivity contribution >= 4 is 58.0 Å². The molecule has 142 valence electrons. The number of amides is 2. The Kier molecular flexibility index (Phi) is 7.59. The molecule has 0 saturated carbocycles. The highest BCUT2D eigenvalue weighted by Gasteiger charge is 2.14. The molecule has 0 aromatic heterocycles. The van der Waals surface area contributed by atoms with Crippen LogP contribution in [-0.2, 0) is 0 Å². The molecule has 0 spiro atoms. The number of hydrogen-bond acceptors (Lipinski definition) is 3. The lowest BCUT2D eigenvalue weighted by Gasteiger charge is -2.18. The highest BCUT2D eigenvalue weighted by molar-refractivity contribution is 7.80. The zero-order valence-corrected chi connectivity index (χ0v) is 17.2. The minimum absolute atomic E-state index is 0.0280. The molecule has 0 aliphatic carbocycles. The number of carbonyl (C=O) groups is 2. The molecule has 2 aromatic carbocycles. The summed E-state index contributed by atoms with van der Waals surface area (Å²) in [5.74, 6) is -0.470. The molecular weight excluding hydrogens is 405 g/mol. The molecule has 2 aromatic rings. The van der Waals surface area contributed by atoms with Gasteiger partial charge < -0.3 is 10.2 Å². The van der Waals surface area contributed by atoms with E-state index in [1.807, 2.05) is 13.8 Å². The van der Waals surface area contributed by atoms with E-state index in [-0.39, 0.29) is 21.6 Å². The second-order valence-electron chi connectivity index (χ2n) is 5.59. The van der Waals surface area contributed by atoms with Crippen LogP contribution in [-0.4, -0.2) is 34.9 Å². The molecule has 0 unspecified atom stereocenters. The van der Waals surface area contributed by atoms with Crippen LogP contribution in [0.4, 0.5) is 5.69 Å². The van der Waals surface area contributed by atoms with E-state index >= 15 is 0 Å². The van der Waals surface area contributed by atoms with Gasteiger partial charge in [-0.15, -0.1) is 0 Å². The number of carbonyl (C=O) groups excluding carboxylic acids is 2. The predicted molar refractivity (Wildman–Crippen MR) is 114 cm³/mol. The Morgan fingerprint density at radius 2 is 1.67 bits per heavy atom. The van der Waals surface area contributed by atoms with E-state index in [9.17, 15) is 9.59 Å². The van der Waals surface area contributed by atoms with Crippen LogP contribution >= 0.6 is 35.4 Å². The van der Waals surface area contributed by atoms with Crippen molar-refractivity contribution in [2.75, 3.05) is 18.4 Å². The molecule has 0 fully saturated rings. The lowest BCUT2D eigenvalue weighted by molar-refractivity contribution is 0.0772. The number of hydrogen-bond donors (Lipinski definition) is 2. The van der Waals surface area contributed by atoms with E-state index in [1.54, 1.807) is 35.2 Å². The van der Waals surface area contributed by atoms with Gasteiger partial charge in [0, 0.05) is 29.4 Å². The summed E-state index contributed by atoms with van der Waals surface area (Å²) in [7, 11) is 0. The molecule has 0 radical (unpaired) electrons.